The molecule has 154 valence electrons. The second-order valence-electron chi connectivity index (χ2n) is 7.39. The summed E-state index contributed by atoms with van der Waals surface area (Å²) in [4.78, 5) is 12.7. The van der Waals surface area contributed by atoms with Crippen LogP contribution in [0.3, 0.4) is 0 Å². The SMILES string of the molecule is Cl.Cn1cc(S(=O)(=O)N2CCCCC2)cc1C(=O)NCCC1CCCNC1. The molecule has 3 heterocycles. The Balaban J connectivity index is 0.00000261. The lowest BCUT2D eigenvalue weighted by atomic mass is 9.96. The van der Waals surface area contributed by atoms with E-state index in [1.807, 2.05) is 0 Å². The van der Waals surface area contributed by atoms with Crippen molar-refractivity contribution in [2.75, 3.05) is 32.7 Å². The van der Waals surface area contributed by atoms with E-state index < -0.39 is 10.0 Å². The molecule has 2 saturated heterocycles. The predicted octanol–water partition coefficient (Wildman–Crippen LogP) is 1.74. The number of nitrogens with one attached hydrogen (secondary N) is 2. The Labute approximate surface area is 168 Å². The van der Waals surface area contributed by atoms with Gasteiger partial charge in [0.2, 0.25) is 10.0 Å². The summed E-state index contributed by atoms with van der Waals surface area (Å²) in [7, 11) is -1.79. The average molecular weight is 419 g/mol. The number of hydrogen-bond acceptors (Lipinski definition) is 4. The van der Waals surface area contributed by atoms with E-state index in [0.29, 0.717) is 31.2 Å². The minimum Gasteiger partial charge on any atom is -0.351 e. The summed E-state index contributed by atoms with van der Waals surface area (Å²) in [6, 6.07) is 1.50. The van der Waals surface area contributed by atoms with E-state index in [9.17, 15) is 13.2 Å². The lowest BCUT2D eigenvalue weighted by molar-refractivity contribution is 0.0942. The average Bonchev–Trinajstić information content (AvgIpc) is 3.06. The molecule has 0 spiro atoms. The van der Waals surface area contributed by atoms with Crippen LogP contribution in [0.25, 0.3) is 0 Å². The van der Waals surface area contributed by atoms with Gasteiger partial charge in [0, 0.05) is 32.9 Å². The molecule has 1 aromatic heterocycles. The number of halogens is 1. The molecule has 3 rings (SSSR count). The summed E-state index contributed by atoms with van der Waals surface area (Å²) in [6.45, 7) is 3.84. The van der Waals surface area contributed by atoms with E-state index >= 15 is 0 Å². The van der Waals surface area contributed by atoms with Crippen molar-refractivity contribution in [3.8, 4) is 0 Å². The van der Waals surface area contributed by atoms with E-state index in [4.69, 9.17) is 0 Å². The summed E-state index contributed by atoms with van der Waals surface area (Å²) in [5.74, 6) is 0.392. The Morgan fingerprint density at radius 1 is 1.26 bits per heavy atom. The van der Waals surface area contributed by atoms with Crippen LogP contribution >= 0.6 is 12.4 Å². The Bertz CT molecular complexity index is 723. The van der Waals surface area contributed by atoms with Crippen LogP contribution in [0.4, 0.5) is 0 Å². The van der Waals surface area contributed by atoms with Crippen molar-refractivity contribution < 1.29 is 13.2 Å². The smallest absolute Gasteiger partial charge is 0.267 e. The second-order valence-corrected chi connectivity index (χ2v) is 9.33. The Hall–Kier alpha value is -1.09. The molecule has 1 atom stereocenters. The van der Waals surface area contributed by atoms with Gasteiger partial charge in [-0.15, -0.1) is 12.4 Å². The van der Waals surface area contributed by atoms with Crippen molar-refractivity contribution in [3.05, 3.63) is 18.0 Å². The number of piperidine rings is 2. The first kappa shape index (κ1) is 22.2. The topological polar surface area (TPSA) is 83.4 Å². The third-order valence-electron chi connectivity index (χ3n) is 5.40. The first-order valence-corrected chi connectivity index (χ1v) is 11.1. The minimum absolute atomic E-state index is 0. The molecule has 0 radical (unpaired) electrons. The fourth-order valence-electron chi connectivity index (χ4n) is 3.81. The van der Waals surface area contributed by atoms with E-state index in [2.05, 4.69) is 10.6 Å². The number of aryl methyl sites for hydroxylation is 1. The maximum atomic E-state index is 12.8. The largest absolute Gasteiger partial charge is 0.351 e. The van der Waals surface area contributed by atoms with E-state index in [1.54, 1.807) is 17.8 Å². The van der Waals surface area contributed by atoms with Crippen LogP contribution in [-0.2, 0) is 17.1 Å². The van der Waals surface area contributed by atoms with Gasteiger partial charge in [-0.2, -0.15) is 4.31 Å². The quantitative estimate of drug-likeness (QED) is 0.737. The number of sulfonamides is 1. The molecule has 2 N–H and O–H groups in total. The molecule has 0 bridgehead atoms. The van der Waals surface area contributed by atoms with Crippen molar-refractivity contribution in [3.63, 3.8) is 0 Å². The molecule has 0 saturated carbocycles. The van der Waals surface area contributed by atoms with Gasteiger partial charge in [-0.25, -0.2) is 8.42 Å². The molecule has 0 aliphatic carbocycles. The molecule has 27 heavy (non-hydrogen) atoms. The van der Waals surface area contributed by atoms with E-state index in [-0.39, 0.29) is 23.2 Å². The lowest BCUT2D eigenvalue weighted by Gasteiger charge is -2.25. The zero-order valence-corrected chi connectivity index (χ0v) is 17.6. The first-order valence-electron chi connectivity index (χ1n) is 9.64. The molecule has 0 aromatic carbocycles. The number of hydrogen-bond donors (Lipinski definition) is 2. The summed E-state index contributed by atoms with van der Waals surface area (Å²) in [5, 5.41) is 6.31. The number of carbonyl (C=O) groups is 1. The third kappa shape index (κ3) is 5.47. The highest BCUT2D eigenvalue weighted by atomic mass is 35.5. The summed E-state index contributed by atoms with van der Waals surface area (Å²) < 4.78 is 28.7. The number of rotatable bonds is 6. The highest BCUT2D eigenvalue weighted by molar-refractivity contribution is 7.89. The van der Waals surface area contributed by atoms with Crippen molar-refractivity contribution in [2.45, 2.75) is 43.4 Å². The predicted molar refractivity (Wildman–Crippen MR) is 108 cm³/mol. The normalized spacial score (nSPS) is 21.4. The zero-order valence-electron chi connectivity index (χ0n) is 15.9. The van der Waals surface area contributed by atoms with Gasteiger partial charge in [-0.3, -0.25) is 4.79 Å². The second kappa shape index (κ2) is 9.91. The molecule has 1 amide bonds. The third-order valence-corrected chi connectivity index (χ3v) is 7.27. The standard InChI is InChI=1S/C18H30N4O3S.ClH/c1-21-14-16(26(24,25)22-10-3-2-4-11-22)12-17(21)18(23)20-9-7-15-6-5-8-19-13-15;/h12,14-15,19H,2-11,13H2,1H3,(H,20,23);1H. The van der Waals surface area contributed by atoms with Crippen LogP contribution in [-0.4, -0.2) is 55.9 Å². The van der Waals surface area contributed by atoms with Gasteiger partial charge in [0.05, 0.1) is 0 Å². The van der Waals surface area contributed by atoms with Crippen LogP contribution in [0, 0.1) is 5.92 Å². The molecule has 2 fully saturated rings. The van der Waals surface area contributed by atoms with Crippen LogP contribution in [0.1, 0.15) is 49.0 Å². The molecule has 2 aliphatic heterocycles. The molecule has 1 aromatic rings. The van der Waals surface area contributed by atoms with E-state index in [0.717, 1.165) is 38.8 Å². The molecule has 1 unspecified atom stereocenters. The van der Waals surface area contributed by atoms with Crippen molar-refractivity contribution in [1.29, 1.82) is 0 Å². The maximum Gasteiger partial charge on any atom is 0.267 e. The Morgan fingerprint density at radius 2 is 2.00 bits per heavy atom. The van der Waals surface area contributed by atoms with Gasteiger partial charge >= 0.3 is 0 Å². The fraction of sp³-hybridized carbons (Fsp3) is 0.722. The zero-order chi connectivity index (χ0) is 18.6. The van der Waals surface area contributed by atoms with Crippen LogP contribution in [0.15, 0.2) is 17.2 Å². The number of aromatic nitrogens is 1. The van der Waals surface area contributed by atoms with Crippen LogP contribution < -0.4 is 10.6 Å². The Kier molecular flexibility index (Phi) is 8.15. The van der Waals surface area contributed by atoms with Gasteiger partial charge in [-0.1, -0.05) is 6.42 Å². The number of nitrogens with zero attached hydrogens (tertiary/aromatic N) is 2. The summed E-state index contributed by atoms with van der Waals surface area (Å²) in [6.07, 6.45) is 7.75. The van der Waals surface area contributed by atoms with Gasteiger partial charge in [0.1, 0.15) is 10.6 Å². The summed E-state index contributed by atoms with van der Waals surface area (Å²) >= 11 is 0. The van der Waals surface area contributed by atoms with Crippen LogP contribution in [0.5, 0.6) is 0 Å². The van der Waals surface area contributed by atoms with Gasteiger partial charge in [0.25, 0.3) is 5.91 Å². The molecular formula is C18H31ClN4O3S. The Morgan fingerprint density at radius 3 is 2.67 bits per heavy atom. The van der Waals surface area contributed by atoms with Gasteiger partial charge in [0.15, 0.2) is 0 Å². The van der Waals surface area contributed by atoms with Crippen molar-refractivity contribution in [1.82, 2.24) is 19.5 Å². The monoisotopic (exact) mass is 418 g/mol. The minimum atomic E-state index is -3.51. The van der Waals surface area contributed by atoms with Gasteiger partial charge < -0.3 is 15.2 Å². The molecule has 7 nitrogen and oxygen atoms in total. The summed E-state index contributed by atoms with van der Waals surface area (Å²) in [5.41, 5.74) is 0.391. The van der Waals surface area contributed by atoms with E-state index in [1.165, 1.54) is 23.2 Å². The molecular weight excluding hydrogens is 388 g/mol. The van der Waals surface area contributed by atoms with Crippen molar-refractivity contribution >= 4 is 28.3 Å². The first-order chi connectivity index (χ1) is 12.5. The maximum absolute atomic E-state index is 12.8. The number of amides is 1. The molecule has 2 aliphatic rings. The van der Waals surface area contributed by atoms with Crippen LogP contribution in [0.2, 0.25) is 0 Å². The number of carbonyl (C=O) groups excluding carboxylic acids is 1. The highest BCUT2D eigenvalue weighted by Gasteiger charge is 2.28. The lowest BCUT2D eigenvalue weighted by Crippen LogP contribution is -2.35. The fourth-order valence-corrected chi connectivity index (χ4v) is 5.40. The highest BCUT2D eigenvalue weighted by Crippen LogP contribution is 2.22. The molecule has 9 heteroatoms. The van der Waals surface area contributed by atoms with Gasteiger partial charge in [-0.05, 0) is 57.2 Å². The van der Waals surface area contributed by atoms with Crippen molar-refractivity contribution in [2.24, 2.45) is 13.0 Å².